The van der Waals surface area contributed by atoms with Gasteiger partial charge in [0.2, 0.25) is 0 Å². The van der Waals surface area contributed by atoms with Crippen LogP contribution in [0.5, 0.6) is 0 Å². The topological polar surface area (TPSA) is 57.9 Å². The number of alkyl halides is 1. The molecule has 0 atom stereocenters. The first kappa shape index (κ1) is 12.2. The van der Waals surface area contributed by atoms with E-state index in [4.69, 9.17) is 27.5 Å². The summed E-state index contributed by atoms with van der Waals surface area (Å²) in [7, 11) is 1.02. The van der Waals surface area contributed by atoms with Gasteiger partial charge in [-0.25, -0.2) is 12.8 Å². The van der Waals surface area contributed by atoms with E-state index in [1.54, 1.807) is 6.07 Å². The summed E-state index contributed by atoms with van der Waals surface area (Å²) < 4.78 is 35.2. The Hall–Kier alpha value is -0.830. The van der Waals surface area contributed by atoms with Gasteiger partial charge in [0.1, 0.15) is 11.9 Å². The lowest BCUT2D eigenvalue weighted by Crippen LogP contribution is -1.99. The highest BCUT2D eigenvalue weighted by molar-refractivity contribution is 8.13. The molecule has 1 rings (SSSR count). The molecule has 0 bridgehead atoms. The predicted octanol–water partition coefficient (Wildman–Crippen LogP) is 2.36. The second-order valence-electron chi connectivity index (χ2n) is 2.62. The van der Waals surface area contributed by atoms with E-state index < -0.39 is 19.8 Å². The zero-order valence-electron chi connectivity index (χ0n) is 7.17. The summed E-state index contributed by atoms with van der Waals surface area (Å²) >= 11 is 5.46. The quantitative estimate of drug-likeness (QED) is 0.611. The van der Waals surface area contributed by atoms with Gasteiger partial charge >= 0.3 is 0 Å². The van der Waals surface area contributed by atoms with Crippen LogP contribution in [-0.2, 0) is 14.9 Å². The molecular formula is C8H4Cl2FNO2S. The van der Waals surface area contributed by atoms with E-state index in [2.05, 4.69) is 0 Å². The molecule has 0 saturated heterocycles. The summed E-state index contributed by atoms with van der Waals surface area (Å²) in [6.45, 7) is 0. The minimum Gasteiger partial charge on any atom is -0.207 e. The summed E-state index contributed by atoms with van der Waals surface area (Å²) in [6, 6.07) is 3.34. The number of hydrogen-bond acceptors (Lipinski definition) is 3. The Labute approximate surface area is 95.5 Å². The van der Waals surface area contributed by atoms with Crippen molar-refractivity contribution in [2.24, 2.45) is 0 Å². The van der Waals surface area contributed by atoms with Gasteiger partial charge in [-0.1, -0.05) is 0 Å². The van der Waals surface area contributed by atoms with Gasteiger partial charge in [-0.15, -0.1) is 11.6 Å². The molecule has 0 aliphatic rings. The molecule has 1 aromatic rings. The summed E-state index contributed by atoms with van der Waals surface area (Å²) in [4.78, 5) is -0.407. The average Bonchev–Trinajstić information content (AvgIpc) is 2.16. The molecule has 0 aliphatic carbocycles. The van der Waals surface area contributed by atoms with Gasteiger partial charge in [-0.05, 0) is 17.7 Å². The van der Waals surface area contributed by atoms with E-state index in [1.165, 1.54) is 0 Å². The number of halogens is 3. The zero-order valence-corrected chi connectivity index (χ0v) is 9.50. The summed E-state index contributed by atoms with van der Waals surface area (Å²) in [5.74, 6) is -1.11. The van der Waals surface area contributed by atoms with Gasteiger partial charge in [0.25, 0.3) is 9.05 Å². The third-order valence-corrected chi connectivity index (χ3v) is 3.37. The van der Waals surface area contributed by atoms with Crippen LogP contribution in [-0.4, -0.2) is 8.42 Å². The van der Waals surface area contributed by atoms with E-state index in [-0.39, 0.29) is 17.0 Å². The maximum atomic E-state index is 13.1. The van der Waals surface area contributed by atoms with E-state index in [9.17, 15) is 12.8 Å². The first-order chi connectivity index (χ1) is 6.90. The maximum Gasteiger partial charge on any atom is 0.261 e. The molecule has 0 amide bonds. The number of hydrogen-bond donors (Lipinski definition) is 0. The van der Waals surface area contributed by atoms with Gasteiger partial charge in [0, 0.05) is 16.6 Å². The van der Waals surface area contributed by atoms with Gasteiger partial charge in [0.05, 0.1) is 10.5 Å². The van der Waals surface area contributed by atoms with Crippen molar-refractivity contribution in [1.29, 1.82) is 5.26 Å². The summed E-state index contributed by atoms with van der Waals surface area (Å²) in [5, 5.41) is 8.52. The number of nitrogens with zero attached hydrogens (tertiary/aromatic N) is 1. The molecule has 0 fully saturated rings. The van der Waals surface area contributed by atoms with Crippen LogP contribution in [0, 0.1) is 17.1 Å². The van der Waals surface area contributed by atoms with Crippen LogP contribution < -0.4 is 0 Å². The zero-order chi connectivity index (χ0) is 11.6. The molecule has 0 N–H and O–H groups in total. The van der Waals surface area contributed by atoms with Gasteiger partial charge in [-0.2, -0.15) is 5.26 Å². The minimum absolute atomic E-state index is 0.101. The molecule has 7 heteroatoms. The Balaban J connectivity index is 3.57. The third-order valence-electron chi connectivity index (χ3n) is 1.68. The van der Waals surface area contributed by atoms with Gasteiger partial charge < -0.3 is 0 Å². The Morgan fingerprint density at radius 1 is 1.47 bits per heavy atom. The third kappa shape index (κ3) is 2.59. The van der Waals surface area contributed by atoms with Crippen LogP contribution >= 0.6 is 22.3 Å². The Morgan fingerprint density at radius 3 is 2.47 bits per heavy atom. The van der Waals surface area contributed by atoms with Crippen molar-refractivity contribution < 1.29 is 12.8 Å². The molecular weight excluding hydrogens is 264 g/mol. The normalized spacial score (nSPS) is 11.1. The van der Waals surface area contributed by atoms with E-state index in [0.717, 1.165) is 6.07 Å². The molecule has 0 spiro atoms. The van der Waals surface area contributed by atoms with Crippen molar-refractivity contribution in [3.63, 3.8) is 0 Å². The van der Waals surface area contributed by atoms with Crippen molar-refractivity contribution in [2.75, 3.05) is 0 Å². The highest BCUT2D eigenvalue weighted by atomic mass is 35.7. The average molecular weight is 268 g/mol. The smallest absolute Gasteiger partial charge is 0.207 e. The van der Waals surface area contributed by atoms with Crippen LogP contribution in [0.2, 0.25) is 0 Å². The standard InChI is InChI=1S/C8H4Cl2FNO2S/c9-3-5-1-6(4-12)7(11)2-8(5)15(10,13)14/h1-2H,3H2. The van der Waals surface area contributed by atoms with Crippen LogP contribution in [0.15, 0.2) is 17.0 Å². The van der Waals surface area contributed by atoms with Gasteiger partial charge in [0.15, 0.2) is 0 Å². The Bertz CT molecular complexity index is 536. The molecule has 3 nitrogen and oxygen atoms in total. The lowest BCUT2D eigenvalue weighted by molar-refractivity contribution is 0.599. The number of benzene rings is 1. The highest BCUT2D eigenvalue weighted by Gasteiger charge is 2.18. The largest absolute Gasteiger partial charge is 0.261 e. The highest BCUT2D eigenvalue weighted by Crippen LogP contribution is 2.24. The Kier molecular flexibility index (Phi) is 3.55. The second-order valence-corrected chi connectivity index (χ2v) is 5.42. The van der Waals surface area contributed by atoms with Crippen LogP contribution in [0.3, 0.4) is 0 Å². The molecule has 80 valence electrons. The Morgan fingerprint density at radius 2 is 2.07 bits per heavy atom. The lowest BCUT2D eigenvalue weighted by Gasteiger charge is -2.04. The fourth-order valence-corrected chi connectivity index (χ4v) is 2.44. The van der Waals surface area contributed by atoms with Crippen molar-refractivity contribution in [3.05, 3.63) is 29.1 Å². The predicted molar refractivity (Wildman–Crippen MR) is 53.7 cm³/mol. The first-order valence-corrected chi connectivity index (χ1v) is 6.47. The minimum atomic E-state index is -4.05. The SMILES string of the molecule is N#Cc1cc(CCl)c(S(=O)(=O)Cl)cc1F. The monoisotopic (exact) mass is 267 g/mol. The molecule has 0 radical (unpaired) electrons. The molecule has 1 aromatic carbocycles. The summed E-state index contributed by atoms with van der Waals surface area (Å²) in [6.07, 6.45) is 0. The van der Waals surface area contributed by atoms with Gasteiger partial charge in [-0.3, -0.25) is 0 Å². The molecule has 0 saturated carbocycles. The van der Waals surface area contributed by atoms with E-state index in [1.807, 2.05) is 0 Å². The summed E-state index contributed by atoms with van der Waals surface area (Å²) in [5.41, 5.74) is -0.167. The second kappa shape index (κ2) is 4.35. The fraction of sp³-hybridized carbons (Fsp3) is 0.125. The molecule has 0 unspecified atom stereocenters. The molecule has 0 aromatic heterocycles. The lowest BCUT2D eigenvalue weighted by atomic mass is 10.1. The van der Waals surface area contributed by atoms with Crippen molar-refractivity contribution in [2.45, 2.75) is 10.8 Å². The number of nitriles is 1. The van der Waals surface area contributed by atoms with E-state index >= 15 is 0 Å². The van der Waals surface area contributed by atoms with Crippen molar-refractivity contribution in [3.8, 4) is 6.07 Å². The van der Waals surface area contributed by atoms with Crippen LogP contribution in [0.25, 0.3) is 0 Å². The van der Waals surface area contributed by atoms with Crippen molar-refractivity contribution >= 4 is 31.3 Å². The molecule has 15 heavy (non-hydrogen) atoms. The maximum absolute atomic E-state index is 13.1. The van der Waals surface area contributed by atoms with Crippen molar-refractivity contribution in [1.82, 2.24) is 0 Å². The van der Waals surface area contributed by atoms with E-state index in [0.29, 0.717) is 6.07 Å². The molecule has 0 heterocycles. The fourth-order valence-electron chi connectivity index (χ4n) is 1.02. The van der Waals surface area contributed by atoms with Crippen LogP contribution in [0.1, 0.15) is 11.1 Å². The molecule has 0 aliphatic heterocycles. The van der Waals surface area contributed by atoms with Crippen LogP contribution in [0.4, 0.5) is 4.39 Å². The number of rotatable bonds is 2. The first-order valence-electron chi connectivity index (χ1n) is 3.63.